The maximum Gasteiger partial charge on any atom is 0.319 e. The molecule has 5 heteroatoms. The van der Waals surface area contributed by atoms with Crippen LogP contribution in [0.4, 0.5) is 10.5 Å². The third-order valence-electron chi connectivity index (χ3n) is 3.10. The number of benzene rings is 2. The van der Waals surface area contributed by atoms with Crippen LogP contribution in [0.1, 0.15) is 16.7 Å². The quantitative estimate of drug-likeness (QED) is 0.810. The number of aryl methyl sites for hydroxylation is 1. The lowest BCUT2D eigenvalue weighted by Crippen LogP contribution is -2.28. The zero-order valence-corrected chi connectivity index (χ0v) is 12.4. The van der Waals surface area contributed by atoms with Gasteiger partial charge in [0.25, 0.3) is 0 Å². The zero-order chi connectivity index (χ0) is 15.2. The lowest BCUT2D eigenvalue weighted by atomic mass is 10.1. The number of urea groups is 1. The minimum absolute atomic E-state index is 0.0524. The second kappa shape index (κ2) is 7.11. The normalized spacial score (nSPS) is 10.2. The molecule has 0 aromatic heterocycles. The van der Waals surface area contributed by atoms with Gasteiger partial charge in [0, 0.05) is 6.54 Å². The van der Waals surface area contributed by atoms with Gasteiger partial charge in [-0.25, -0.2) is 4.79 Å². The van der Waals surface area contributed by atoms with E-state index < -0.39 is 0 Å². The number of nitrogens with one attached hydrogen (secondary N) is 2. The predicted molar refractivity (Wildman–Crippen MR) is 84.4 cm³/mol. The van der Waals surface area contributed by atoms with E-state index in [9.17, 15) is 9.90 Å². The average molecular weight is 305 g/mol. The summed E-state index contributed by atoms with van der Waals surface area (Å²) in [6.07, 6.45) is 0. The number of rotatable bonds is 4. The molecule has 0 unspecified atom stereocenters. The van der Waals surface area contributed by atoms with Crippen LogP contribution >= 0.6 is 11.6 Å². The number of aliphatic hydroxyl groups excluding tert-OH is 1. The first-order valence-electron chi connectivity index (χ1n) is 6.59. The molecule has 0 saturated carbocycles. The van der Waals surface area contributed by atoms with Crippen molar-refractivity contribution in [3.05, 3.63) is 64.2 Å². The number of halogens is 1. The maximum absolute atomic E-state index is 11.9. The Bertz CT molecular complexity index is 644. The SMILES string of the molecule is Cc1ccc(Cl)c(NC(=O)NCc2ccccc2CO)c1. The topological polar surface area (TPSA) is 61.4 Å². The number of aliphatic hydroxyl groups is 1. The van der Waals surface area contributed by atoms with Crippen molar-refractivity contribution in [3.63, 3.8) is 0 Å². The molecule has 21 heavy (non-hydrogen) atoms. The van der Waals surface area contributed by atoms with E-state index in [2.05, 4.69) is 10.6 Å². The van der Waals surface area contributed by atoms with Crippen molar-refractivity contribution in [2.75, 3.05) is 5.32 Å². The van der Waals surface area contributed by atoms with Crippen LogP contribution in [0, 0.1) is 6.92 Å². The van der Waals surface area contributed by atoms with Crippen LogP contribution < -0.4 is 10.6 Å². The largest absolute Gasteiger partial charge is 0.392 e. The molecule has 2 aromatic rings. The van der Waals surface area contributed by atoms with E-state index in [1.165, 1.54) is 0 Å². The molecule has 0 aliphatic heterocycles. The van der Waals surface area contributed by atoms with Gasteiger partial charge in [-0.15, -0.1) is 0 Å². The Morgan fingerprint density at radius 1 is 1.19 bits per heavy atom. The molecular weight excluding hydrogens is 288 g/mol. The monoisotopic (exact) mass is 304 g/mol. The highest BCUT2D eigenvalue weighted by atomic mass is 35.5. The number of carbonyl (C=O) groups is 1. The molecule has 0 saturated heterocycles. The Kier molecular flexibility index (Phi) is 5.20. The second-order valence-corrected chi connectivity index (χ2v) is 5.13. The van der Waals surface area contributed by atoms with Crippen molar-refractivity contribution in [2.24, 2.45) is 0 Å². The van der Waals surface area contributed by atoms with Gasteiger partial charge in [-0.05, 0) is 35.7 Å². The molecule has 4 nitrogen and oxygen atoms in total. The van der Waals surface area contributed by atoms with Crippen molar-refractivity contribution >= 4 is 23.3 Å². The van der Waals surface area contributed by atoms with Crippen LogP contribution in [0.25, 0.3) is 0 Å². The summed E-state index contributed by atoms with van der Waals surface area (Å²) in [5, 5.41) is 15.2. The van der Waals surface area contributed by atoms with Crippen LogP contribution in [0.5, 0.6) is 0 Å². The highest BCUT2D eigenvalue weighted by Gasteiger charge is 2.07. The summed E-state index contributed by atoms with van der Waals surface area (Å²) in [7, 11) is 0. The fourth-order valence-corrected chi connectivity index (χ4v) is 2.13. The number of amides is 2. The molecule has 0 bridgehead atoms. The molecule has 2 rings (SSSR count). The zero-order valence-electron chi connectivity index (χ0n) is 11.7. The Morgan fingerprint density at radius 2 is 1.90 bits per heavy atom. The Hall–Kier alpha value is -2.04. The molecule has 2 amide bonds. The molecule has 3 N–H and O–H groups in total. The lowest BCUT2D eigenvalue weighted by molar-refractivity contribution is 0.251. The van der Waals surface area contributed by atoms with E-state index in [1.807, 2.05) is 43.3 Å². The third-order valence-corrected chi connectivity index (χ3v) is 3.43. The molecule has 0 spiro atoms. The Labute approximate surface area is 128 Å². The van der Waals surface area contributed by atoms with Crippen LogP contribution in [-0.4, -0.2) is 11.1 Å². The molecule has 110 valence electrons. The lowest BCUT2D eigenvalue weighted by Gasteiger charge is -2.11. The van der Waals surface area contributed by atoms with Crippen LogP contribution in [0.2, 0.25) is 5.02 Å². The first kappa shape index (κ1) is 15.4. The summed E-state index contributed by atoms with van der Waals surface area (Å²) < 4.78 is 0. The van der Waals surface area contributed by atoms with E-state index in [4.69, 9.17) is 11.6 Å². The van der Waals surface area contributed by atoms with Gasteiger partial charge in [0.05, 0.1) is 17.3 Å². The van der Waals surface area contributed by atoms with Crippen molar-refractivity contribution < 1.29 is 9.90 Å². The summed E-state index contributed by atoms with van der Waals surface area (Å²) in [4.78, 5) is 11.9. The maximum atomic E-state index is 11.9. The van der Waals surface area contributed by atoms with E-state index >= 15 is 0 Å². The summed E-state index contributed by atoms with van der Waals surface area (Å²) in [5.41, 5.74) is 3.27. The van der Waals surface area contributed by atoms with Crippen LogP contribution in [0.3, 0.4) is 0 Å². The number of carbonyl (C=O) groups excluding carboxylic acids is 1. The fourth-order valence-electron chi connectivity index (χ4n) is 1.96. The molecule has 0 aliphatic carbocycles. The van der Waals surface area contributed by atoms with Gasteiger partial charge in [-0.2, -0.15) is 0 Å². The number of anilines is 1. The summed E-state index contributed by atoms with van der Waals surface area (Å²) in [6, 6.07) is 12.5. The predicted octanol–water partition coefficient (Wildman–Crippen LogP) is 3.46. The fraction of sp³-hybridized carbons (Fsp3) is 0.188. The standard InChI is InChI=1S/C16H17ClN2O2/c1-11-6-7-14(17)15(8-11)19-16(21)18-9-12-4-2-3-5-13(12)10-20/h2-8,20H,9-10H2,1H3,(H2,18,19,21). The number of hydrogen-bond acceptors (Lipinski definition) is 2. The summed E-state index contributed by atoms with van der Waals surface area (Å²) in [6.45, 7) is 2.21. The van der Waals surface area contributed by atoms with Gasteiger partial charge >= 0.3 is 6.03 Å². The van der Waals surface area contributed by atoms with Crippen molar-refractivity contribution in [2.45, 2.75) is 20.1 Å². The van der Waals surface area contributed by atoms with Gasteiger partial charge in [0.15, 0.2) is 0 Å². The highest BCUT2D eigenvalue weighted by molar-refractivity contribution is 6.33. The van der Waals surface area contributed by atoms with Crippen LogP contribution in [-0.2, 0) is 13.2 Å². The smallest absolute Gasteiger partial charge is 0.319 e. The molecule has 0 aliphatic rings. The molecular formula is C16H17ClN2O2. The van der Waals surface area contributed by atoms with E-state index in [-0.39, 0.29) is 12.6 Å². The van der Waals surface area contributed by atoms with E-state index in [0.717, 1.165) is 16.7 Å². The molecule has 0 fully saturated rings. The van der Waals surface area contributed by atoms with E-state index in [1.54, 1.807) is 6.07 Å². The minimum atomic E-state index is -0.338. The summed E-state index contributed by atoms with van der Waals surface area (Å²) >= 11 is 6.03. The first-order chi connectivity index (χ1) is 10.1. The van der Waals surface area contributed by atoms with Gasteiger partial charge < -0.3 is 15.7 Å². The van der Waals surface area contributed by atoms with Crippen molar-refractivity contribution in [1.82, 2.24) is 5.32 Å². The van der Waals surface area contributed by atoms with Crippen LogP contribution in [0.15, 0.2) is 42.5 Å². The molecule has 0 radical (unpaired) electrons. The molecule has 0 atom stereocenters. The van der Waals surface area contributed by atoms with Gasteiger partial charge in [-0.1, -0.05) is 41.9 Å². The van der Waals surface area contributed by atoms with E-state index in [0.29, 0.717) is 17.3 Å². The van der Waals surface area contributed by atoms with Gasteiger partial charge in [-0.3, -0.25) is 0 Å². The first-order valence-corrected chi connectivity index (χ1v) is 6.96. The van der Waals surface area contributed by atoms with Gasteiger partial charge in [0.2, 0.25) is 0 Å². The summed E-state index contributed by atoms with van der Waals surface area (Å²) in [5.74, 6) is 0. The number of hydrogen-bond donors (Lipinski definition) is 3. The highest BCUT2D eigenvalue weighted by Crippen LogP contribution is 2.22. The van der Waals surface area contributed by atoms with Gasteiger partial charge in [0.1, 0.15) is 0 Å². The minimum Gasteiger partial charge on any atom is -0.392 e. The molecule has 2 aromatic carbocycles. The van der Waals surface area contributed by atoms with Crippen molar-refractivity contribution in [3.8, 4) is 0 Å². The average Bonchev–Trinajstić information content (AvgIpc) is 2.49. The Balaban J connectivity index is 1.97. The Morgan fingerprint density at radius 3 is 2.62 bits per heavy atom. The van der Waals surface area contributed by atoms with Crippen molar-refractivity contribution in [1.29, 1.82) is 0 Å². The third kappa shape index (κ3) is 4.21. The second-order valence-electron chi connectivity index (χ2n) is 4.72. The molecule has 0 heterocycles.